The first kappa shape index (κ1) is 25.0. The number of carbonyl (C=O) groups is 1. The molecule has 0 saturated heterocycles. The minimum absolute atomic E-state index is 0. The lowest BCUT2D eigenvalue weighted by molar-refractivity contribution is -0.0504. The molecule has 0 aliphatic rings. The highest BCUT2D eigenvalue weighted by Crippen LogP contribution is 2.21. The smallest absolute Gasteiger partial charge is 0.387 e. The van der Waals surface area contributed by atoms with E-state index < -0.39 is 6.61 Å². The van der Waals surface area contributed by atoms with E-state index in [0.29, 0.717) is 35.2 Å². The molecule has 0 spiro atoms. The van der Waals surface area contributed by atoms with Crippen LogP contribution in [0.3, 0.4) is 0 Å². The SMILES string of the molecule is CN=C(NCCNC(=O)c1scnc1C)NCc1cc(C)ccc1OC(F)F.I. The molecule has 7 nitrogen and oxygen atoms in total. The summed E-state index contributed by atoms with van der Waals surface area (Å²) in [5.74, 6) is 0.432. The van der Waals surface area contributed by atoms with Gasteiger partial charge in [-0.05, 0) is 19.9 Å². The Hall–Kier alpha value is -2.02. The molecule has 0 bridgehead atoms. The summed E-state index contributed by atoms with van der Waals surface area (Å²) >= 11 is 1.29. The molecular formula is C18H24F2IN5O2S. The molecule has 0 radical (unpaired) electrons. The first-order chi connectivity index (χ1) is 13.4. The molecule has 0 aliphatic heterocycles. The Morgan fingerprint density at radius 3 is 2.59 bits per heavy atom. The number of guanidine groups is 1. The van der Waals surface area contributed by atoms with Crippen LogP contribution in [-0.2, 0) is 6.54 Å². The normalized spacial score (nSPS) is 11.0. The van der Waals surface area contributed by atoms with Gasteiger partial charge >= 0.3 is 6.61 Å². The van der Waals surface area contributed by atoms with Crippen LogP contribution in [0.2, 0.25) is 0 Å². The lowest BCUT2D eigenvalue weighted by Gasteiger charge is -2.15. The van der Waals surface area contributed by atoms with Gasteiger partial charge in [0.2, 0.25) is 0 Å². The van der Waals surface area contributed by atoms with Crippen molar-refractivity contribution in [1.82, 2.24) is 20.9 Å². The van der Waals surface area contributed by atoms with Gasteiger partial charge in [0.25, 0.3) is 5.91 Å². The van der Waals surface area contributed by atoms with Crippen molar-refractivity contribution in [2.45, 2.75) is 27.0 Å². The Kier molecular flexibility index (Phi) is 10.8. The van der Waals surface area contributed by atoms with Crippen LogP contribution in [0.25, 0.3) is 0 Å². The van der Waals surface area contributed by atoms with Crippen LogP contribution in [-0.4, -0.2) is 43.6 Å². The fourth-order valence-electron chi connectivity index (χ4n) is 2.41. The standard InChI is InChI=1S/C18H23F2N5O2S.HI/c1-11-4-5-14(27-17(19)20)13(8-11)9-24-18(21-3)23-7-6-22-16(26)15-12(2)25-10-28-15;/h4-5,8,10,17H,6-7,9H2,1-3H3,(H,22,26)(H2,21,23,24);1H. The zero-order valence-electron chi connectivity index (χ0n) is 16.3. The molecule has 29 heavy (non-hydrogen) atoms. The quantitative estimate of drug-likeness (QED) is 0.208. The second-order valence-electron chi connectivity index (χ2n) is 5.87. The van der Waals surface area contributed by atoms with Crippen molar-refractivity contribution in [1.29, 1.82) is 0 Å². The van der Waals surface area contributed by atoms with E-state index in [2.05, 4.69) is 30.7 Å². The number of halogens is 3. The number of hydrogen-bond acceptors (Lipinski definition) is 5. The monoisotopic (exact) mass is 539 g/mol. The number of hydrogen-bond donors (Lipinski definition) is 3. The molecule has 0 aliphatic carbocycles. The Labute approximate surface area is 189 Å². The number of nitrogens with zero attached hydrogens (tertiary/aromatic N) is 2. The molecule has 1 aromatic carbocycles. The molecular weight excluding hydrogens is 515 g/mol. The van der Waals surface area contributed by atoms with Crippen LogP contribution in [0.15, 0.2) is 28.7 Å². The molecule has 3 N–H and O–H groups in total. The highest BCUT2D eigenvalue weighted by atomic mass is 127. The summed E-state index contributed by atoms with van der Waals surface area (Å²) in [5, 5.41) is 8.90. The van der Waals surface area contributed by atoms with E-state index in [1.54, 1.807) is 31.6 Å². The number of aliphatic imine (C=N–C) groups is 1. The van der Waals surface area contributed by atoms with Crippen molar-refractivity contribution in [3.05, 3.63) is 45.4 Å². The number of amides is 1. The number of thiazole rings is 1. The van der Waals surface area contributed by atoms with Crippen molar-refractivity contribution in [2.24, 2.45) is 4.99 Å². The van der Waals surface area contributed by atoms with Crippen LogP contribution < -0.4 is 20.7 Å². The zero-order valence-corrected chi connectivity index (χ0v) is 19.4. The van der Waals surface area contributed by atoms with Crippen LogP contribution in [0.4, 0.5) is 8.78 Å². The maximum absolute atomic E-state index is 12.5. The molecule has 2 rings (SSSR count). The average Bonchev–Trinajstić information content (AvgIpc) is 3.08. The predicted octanol–water partition coefficient (Wildman–Crippen LogP) is 3.07. The minimum atomic E-state index is -2.88. The number of nitrogens with one attached hydrogen (secondary N) is 3. The van der Waals surface area contributed by atoms with Crippen LogP contribution in [0.5, 0.6) is 5.75 Å². The molecule has 160 valence electrons. The molecule has 11 heteroatoms. The number of aryl methyl sites for hydroxylation is 2. The van der Waals surface area contributed by atoms with Gasteiger partial charge in [0.1, 0.15) is 10.6 Å². The van der Waals surface area contributed by atoms with Crippen LogP contribution in [0, 0.1) is 13.8 Å². The van der Waals surface area contributed by atoms with Gasteiger partial charge in [0.05, 0.1) is 11.2 Å². The van der Waals surface area contributed by atoms with Crippen molar-refractivity contribution in [2.75, 3.05) is 20.1 Å². The largest absolute Gasteiger partial charge is 0.434 e. The average molecular weight is 539 g/mol. The van der Waals surface area contributed by atoms with Crippen molar-refractivity contribution < 1.29 is 18.3 Å². The number of aromatic nitrogens is 1. The van der Waals surface area contributed by atoms with E-state index in [1.165, 1.54) is 17.4 Å². The fraction of sp³-hybridized carbons (Fsp3) is 0.389. The minimum Gasteiger partial charge on any atom is -0.434 e. The van der Waals surface area contributed by atoms with E-state index in [4.69, 9.17) is 0 Å². The van der Waals surface area contributed by atoms with Gasteiger partial charge in [-0.3, -0.25) is 9.79 Å². The van der Waals surface area contributed by atoms with E-state index in [9.17, 15) is 13.6 Å². The number of alkyl halides is 2. The molecule has 0 fully saturated rings. The highest BCUT2D eigenvalue weighted by molar-refractivity contribution is 14.0. The number of carbonyl (C=O) groups excluding carboxylic acids is 1. The van der Waals surface area contributed by atoms with Gasteiger partial charge in [-0.1, -0.05) is 17.7 Å². The maximum Gasteiger partial charge on any atom is 0.387 e. The predicted molar refractivity (Wildman–Crippen MR) is 121 cm³/mol. The molecule has 1 aromatic heterocycles. The van der Waals surface area contributed by atoms with Gasteiger partial charge in [-0.15, -0.1) is 35.3 Å². The summed E-state index contributed by atoms with van der Waals surface area (Å²) < 4.78 is 29.6. The lowest BCUT2D eigenvalue weighted by atomic mass is 10.1. The van der Waals surface area contributed by atoms with Crippen molar-refractivity contribution in [3.63, 3.8) is 0 Å². The third-order valence-electron chi connectivity index (χ3n) is 3.76. The van der Waals surface area contributed by atoms with E-state index in [-0.39, 0.29) is 42.2 Å². The molecule has 1 heterocycles. The number of ether oxygens (including phenoxy) is 1. The summed E-state index contributed by atoms with van der Waals surface area (Å²) in [6.07, 6.45) is 0. The Morgan fingerprint density at radius 2 is 1.97 bits per heavy atom. The number of rotatable bonds is 8. The van der Waals surface area contributed by atoms with E-state index in [1.807, 2.05) is 6.92 Å². The summed E-state index contributed by atoms with van der Waals surface area (Å²) in [7, 11) is 1.60. The van der Waals surface area contributed by atoms with E-state index in [0.717, 1.165) is 5.56 Å². The highest BCUT2D eigenvalue weighted by Gasteiger charge is 2.12. The van der Waals surface area contributed by atoms with Gasteiger partial charge in [-0.2, -0.15) is 8.78 Å². The van der Waals surface area contributed by atoms with Crippen LogP contribution in [0.1, 0.15) is 26.5 Å². The molecule has 0 saturated carbocycles. The summed E-state index contributed by atoms with van der Waals surface area (Å²) in [4.78, 5) is 20.7. The van der Waals surface area contributed by atoms with Crippen molar-refractivity contribution >= 4 is 47.2 Å². The lowest BCUT2D eigenvalue weighted by Crippen LogP contribution is -2.41. The molecule has 2 aromatic rings. The summed E-state index contributed by atoms with van der Waals surface area (Å²) in [6, 6.07) is 5.00. The zero-order chi connectivity index (χ0) is 20.5. The van der Waals surface area contributed by atoms with Gasteiger partial charge in [0.15, 0.2) is 5.96 Å². The van der Waals surface area contributed by atoms with Gasteiger partial charge < -0.3 is 20.7 Å². The third-order valence-corrected chi connectivity index (χ3v) is 4.68. The first-order valence-electron chi connectivity index (χ1n) is 8.58. The Balaban J connectivity index is 0.00000420. The second-order valence-corrected chi connectivity index (χ2v) is 6.72. The van der Waals surface area contributed by atoms with Crippen molar-refractivity contribution in [3.8, 4) is 5.75 Å². The summed E-state index contributed by atoms with van der Waals surface area (Å²) in [5.41, 5.74) is 3.86. The first-order valence-corrected chi connectivity index (χ1v) is 9.45. The molecule has 0 atom stereocenters. The Bertz CT molecular complexity index is 832. The molecule has 0 unspecified atom stereocenters. The van der Waals surface area contributed by atoms with E-state index >= 15 is 0 Å². The second kappa shape index (κ2) is 12.5. The van der Waals surface area contributed by atoms with Crippen LogP contribution >= 0.6 is 35.3 Å². The third kappa shape index (κ3) is 8.09. The molecule has 1 amide bonds. The number of benzene rings is 1. The summed E-state index contributed by atoms with van der Waals surface area (Å²) in [6.45, 7) is 1.86. The van der Waals surface area contributed by atoms with Gasteiger partial charge in [-0.25, -0.2) is 4.98 Å². The maximum atomic E-state index is 12.5. The Morgan fingerprint density at radius 1 is 1.24 bits per heavy atom. The van der Waals surface area contributed by atoms with Gasteiger partial charge in [0, 0.05) is 32.2 Å². The fourth-order valence-corrected chi connectivity index (χ4v) is 3.13. The topological polar surface area (TPSA) is 87.6 Å².